The van der Waals surface area contributed by atoms with Crippen molar-refractivity contribution in [3.63, 3.8) is 0 Å². The number of para-hydroxylation sites is 1. The molecule has 0 spiro atoms. The number of ketones is 1. The number of aromatic nitrogens is 3. The first kappa shape index (κ1) is 21.1. The van der Waals surface area contributed by atoms with Crippen molar-refractivity contribution in [1.82, 2.24) is 14.1 Å². The average Bonchev–Trinajstić information content (AvgIpc) is 3.06. The molecule has 4 rings (SSSR count). The van der Waals surface area contributed by atoms with Gasteiger partial charge in [-0.3, -0.25) is 14.2 Å². The van der Waals surface area contributed by atoms with Crippen molar-refractivity contribution in [2.24, 2.45) is 0 Å². The Morgan fingerprint density at radius 3 is 2.61 bits per heavy atom. The summed E-state index contributed by atoms with van der Waals surface area (Å²) in [7, 11) is 0. The van der Waals surface area contributed by atoms with Gasteiger partial charge in [-0.05, 0) is 57.2 Å². The summed E-state index contributed by atoms with van der Waals surface area (Å²) >= 11 is 1.26. The fourth-order valence-corrected chi connectivity index (χ4v) is 4.75. The Balaban J connectivity index is 1.63. The van der Waals surface area contributed by atoms with E-state index in [-0.39, 0.29) is 22.9 Å². The maximum Gasteiger partial charge on any atom is 0.262 e. The lowest BCUT2D eigenvalue weighted by Crippen LogP contribution is -2.22. The molecule has 0 aliphatic rings. The number of halogens is 1. The molecule has 0 unspecified atom stereocenters. The molecule has 0 atom stereocenters. The number of carbonyl (C=O) groups is 1. The van der Waals surface area contributed by atoms with Gasteiger partial charge in [0, 0.05) is 29.2 Å². The van der Waals surface area contributed by atoms with Gasteiger partial charge in [-0.2, -0.15) is 0 Å². The van der Waals surface area contributed by atoms with E-state index in [1.807, 2.05) is 49.6 Å². The SMILES string of the molecule is CCn1c(SCC(=O)c2cc(C)n(-c3cccc(F)c3)c2C)nc2ccccc2c1=O. The predicted molar refractivity (Wildman–Crippen MR) is 122 cm³/mol. The van der Waals surface area contributed by atoms with Crippen molar-refractivity contribution in [1.29, 1.82) is 0 Å². The highest BCUT2D eigenvalue weighted by Gasteiger charge is 2.19. The van der Waals surface area contributed by atoms with Gasteiger partial charge in [0.25, 0.3) is 5.56 Å². The normalized spacial score (nSPS) is 11.2. The summed E-state index contributed by atoms with van der Waals surface area (Å²) in [5.74, 6) is -0.239. The molecular weight excluding hydrogens is 413 g/mol. The predicted octanol–water partition coefficient (Wildman–Crippen LogP) is 4.94. The third-order valence-corrected chi connectivity index (χ3v) is 6.25. The van der Waals surface area contributed by atoms with Crippen LogP contribution < -0.4 is 5.56 Å². The smallest absolute Gasteiger partial charge is 0.262 e. The molecule has 0 fully saturated rings. The molecule has 5 nitrogen and oxygen atoms in total. The molecule has 0 saturated carbocycles. The first-order chi connectivity index (χ1) is 14.9. The molecule has 0 saturated heterocycles. The zero-order valence-corrected chi connectivity index (χ0v) is 18.4. The van der Waals surface area contributed by atoms with Gasteiger partial charge in [0.1, 0.15) is 5.82 Å². The van der Waals surface area contributed by atoms with Crippen LogP contribution in [0.2, 0.25) is 0 Å². The zero-order chi connectivity index (χ0) is 22.1. The Kier molecular flexibility index (Phi) is 5.78. The minimum atomic E-state index is -0.326. The summed E-state index contributed by atoms with van der Waals surface area (Å²) in [6.07, 6.45) is 0. The molecule has 2 aromatic heterocycles. The molecule has 31 heavy (non-hydrogen) atoms. The second-order valence-corrected chi connectivity index (χ2v) is 8.22. The number of fused-ring (bicyclic) bond motifs is 1. The van der Waals surface area contributed by atoms with E-state index >= 15 is 0 Å². The van der Waals surface area contributed by atoms with E-state index in [0.717, 1.165) is 11.4 Å². The number of thioether (sulfide) groups is 1. The number of hydrogen-bond donors (Lipinski definition) is 0. The zero-order valence-electron chi connectivity index (χ0n) is 17.6. The molecule has 4 aromatic rings. The molecule has 158 valence electrons. The van der Waals surface area contributed by atoms with E-state index in [4.69, 9.17) is 0 Å². The van der Waals surface area contributed by atoms with Crippen LogP contribution in [0.4, 0.5) is 4.39 Å². The number of rotatable bonds is 6. The van der Waals surface area contributed by atoms with Crippen LogP contribution in [0.1, 0.15) is 28.7 Å². The molecule has 0 amide bonds. The molecule has 2 heterocycles. The largest absolute Gasteiger partial charge is 0.318 e. The molecule has 7 heteroatoms. The lowest BCUT2D eigenvalue weighted by atomic mass is 10.2. The highest BCUT2D eigenvalue weighted by Crippen LogP contribution is 2.24. The van der Waals surface area contributed by atoms with Crippen LogP contribution in [-0.2, 0) is 6.54 Å². The lowest BCUT2D eigenvalue weighted by Gasteiger charge is -2.11. The second-order valence-electron chi connectivity index (χ2n) is 7.27. The van der Waals surface area contributed by atoms with E-state index in [1.54, 1.807) is 22.8 Å². The van der Waals surface area contributed by atoms with Crippen LogP contribution in [0.15, 0.2) is 64.5 Å². The van der Waals surface area contributed by atoms with Crippen LogP contribution in [0, 0.1) is 19.7 Å². The van der Waals surface area contributed by atoms with E-state index in [2.05, 4.69) is 4.98 Å². The van der Waals surface area contributed by atoms with Crippen molar-refractivity contribution < 1.29 is 9.18 Å². The van der Waals surface area contributed by atoms with E-state index in [9.17, 15) is 14.0 Å². The quantitative estimate of drug-likeness (QED) is 0.245. The van der Waals surface area contributed by atoms with Gasteiger partial charge in [0.15, 0.2) is 10.9 Å². The third kappa shape index (κ3) is 3.93. The summed E-state index contributed by atoms with van der Waals surface area (Å²) in [4.78, 5) is 30.4. The fourth-order valence-electron chi connectivity index (χ4n) is 3.80. The Bertz CT molecular complexity index is 1360. The number of Topliss-reactive ketones (excluding diaryl/α,β-unsaturated/α-hetero) is 1. The van der Waals surface area contributed by atoms with E-state index in [0.29, 0.717) is 33.9 Å². The third-order valence-electron chi connectivity index (χ3n) is 5.27. The molecular formula is C24H22FN3O2S. The monoisotopic (exact) mass is 435 g/mol. The summed E-state index contributed by atoms with van der Waals surface area (Å²) in [5.41, 5.74) is 3.39. The van der Waals surface area contributed by atoms with Crippen molar-refractivity contribution in [3.8, 4) is 5.69 Å². The Labute approximate surface area is 183 Å². The minimum Gasteiger partial charge on any atom is -0.318 e. The first-order valence-corrected chi connectivity index (χ1v) is 11.0. The molecule has 0 N–H and O–H groups in total. The number of hydrogen-bond acceptors (Lipinski definition) is 4. The van der Waals surface area contributed by atoms with Crippen LogP contribution in [0.5, 0.6) is 0 Å². The Hall–Kier alpha value is -3.19. The van der Waals surface area contributed by atoms with Gasteiger partial charge in [-0.1, -0.05) is 30.0 Å². The number of aryl methyl sites for hydroxylation is 1. The number of nitrogens with zero attached hydrogens (tertiary/aromatic N) is 3. The number of carbonyl (C=O) groups excluding carboxylic acids is 1. The Morgan fingerprint density at radius 2 is 1.87 bits per heavy atom. The van der Waals surface area contributed by atoms with Gasteiger partial charge >= 0.3 is 0 Å². The Morgan fingerprint density at radius 1 is 1.10 bits per heavy atom. The first-order valence-electron chi connectivity index (χ1n) is 10.0. The van der Waals surface area contributed by atoms with E-state index < -0.39 is 0 Å². The van der Waals surface area contributed by atoms with Gasteiger partial charge in [0.05, 0.1) is 16.7 Å². The summed E-state index contributed by atoms with van der Waals surface area (Å²) in [5, 5.41) is 1.09. The fraction of sp³-hybridized carbons (Fsp3) is 0.208. The van der Waals surface area contributed by atoms with Gasteiger partial charge < -0.3 is 4.57 Å². The summed E-state index contributed by atoms with van der Waals surface area (Å²) < 4.78 is 17.2. The summed E-state index contributed by atoms with van der Waals surface area (Å²) in [6, 6.07) is 15.3. The molecule has 0 radical (unpaired) electrons. The van der Waals surface area contributed by atoms with Crippen LogP contribution in [-0.4, -0.2) is 25.7 Å². The topological polar surface area (TPSA) is 56.9 Å². The highest BCUT2D eigenvalue weighted by atomic mass is 32.2. The maximum absolute atomic E-state index is 13.7. The van der Waals surface area contributed by atoms with Crippen molar-refractivity contribution in [3.05, 3.63) is 87.7 Å². The maximum atomic E-state index is 13.7. The molecule has 0 aliphatic heterocycles. The lowest BCUT2D eigenvalue weighted by molar-refractivity contribution is 0.102. The summed E-state index contributed by atoms with van der Waals surface area (Å²) in [6.45, 7) is 6.10. The molecule has 0 aliphatic carbocycles. The standard InChI is InChI=1S/C24H22FN3O2S/c1-4-27-23(30)19-10-5-6-11-21(19)26-24(27)31-14-22(29)20-12-15(2)28(16(20)3)18-9-7-8-17(25)13-18/h5-13H,4,14H2,1-3H3. The van der Waals surface area contributed by atoms with Crippen LogP contribution in [0.25, 0.3) is 16.6 Å². The van der Waals surface area contributed by atoms with E-state index in [1.165, 1.54) is 23.9 Å². The van der Waals surface area contributed by atoms with Crippen LogP contribution in [0.3, 0.4) is 0 Å². The van der Waals surface area contributed by atoms with Gasteiger partial charge in [-0.15, -0.1) is 0 Å². The van der Waals surface area contributed by atoms with Crippen LogP contribution >= 0.6 is 11.8 Å². The molecule has 0 bridgehead atoms. The van der Waals surface area contributed by atoms with Gasteiger partial charge in [0.2, 0.25) is 0 Å². The van der Waals surface area contributed by atoms with Crippen molar-refractivity contribution in [2.45, 2.75) is 32.5 Å². The second kappa shape index (κ2) is 8.51. The van der Waals surface area contributed by atoms with Crippen molar-refractivity contribution >= 4 is 28.4 Å². The minimum absolute atomic E-state index is 0.0641. The molecule has 2 aromatic carbocycles. The van der Waals surface area contributed by atoms with Gasteiger partial charge in [-0.25, -0.2) is 9.37 Å². The number of benzene rings is 2. The average molecular weight is 436 g/mol. The van der Waals surface area contributed by atoms with Crippen molar-refractivity contribution in [2.75, 3.05) is 5.75 Å². The highest BCUT2D eigenvalue weighted by molar-refractivity contribution is 7.99.